The van der Waals surface area contributed by atoms with Crippen LogP contribution in [0.5, 0.6) is 0 Å². The van der Waals surface area contributed by atoms with Crippen LogP contribution in [-0.2, 0) is 0 Å². The molecule has 0 aliphatic carbocycles. The van der Waals surface area contributed by atoms with E-state index >= 15 is 0 Å². The first-order valence-electron chi connectivity index (χ1n) is 21.1. The van der Waals surface area contributed by atoms with Crippen LogP contribution in [0.4, 0.5) is 17.1 Å². The van der Waals surface area contributed by atoms with E-state index in [0.29, 0.717) is 5.89 Å². The molecule has 11 aromatic carbocycles. The van der Waals surface area contributed by atoms with Crippen LogP contribution in [-0.4, -0.2) is 4.98 Å². The summed E-state index contributed by atoms with van der Waals surface area (Å²) < 4.78 is 6.46. The molecule has 0 saturated heterocycles. The number of nitrogens with zero attached hydrogens (tertiary/aromatic N) is 2. The molecule has 0 spiro atoms. The molecular weight excluding hydrogens is 753 g/mol. The van der Waals surface area contributed by atoms with E-state index in [2.05, 4.69) is 205 Å². The Bertz CT molecular complexity index is 3630. The predicted molar refractivity (Wildman–Crippen MR) is 260 cm³/mol. The summed E-state index contributed by atoms with van der Waals surface area (Å²) in [6.07, 6.45) is 0. The molecule has 0 unspecified atom stereocenters. The van der Waals surface area contributed by atoms with Gasteiger partial charge < -0.3 is 9.32 Å². The molecule has 3 heteroatoms. The van der Waals surface area contributed by atoms with Gasteiger partial charge in [0.2, 0.25) is 5.89 Å². The highest BCUT2D eigenvalue weighted by Crippen LogP contribution is 2.42. The van der Waals surface area contributed by atoms with Crippen molar-refractivity contribution in [1.29, 1.82) is 0 Å². The van der Waals surface area contributed by atoms with Gasteiger partial charge in [0, 0.05) is 28.0 Å². The number of anilines is 3. The largest absolute Gasteiger partial charge is 0.436 e. The van der Waals surface area contributed by atoms with Crippen LogP contribution in [0.3, 0.4) is 0 Å². The maximum atomic E-state index is 6.46. The van der Waals surface area contributed by atoms with Crippen LogP contribution in [0.25, 0.3) is 99.0 Å². The quantitative estimate of drug-likeness (QED) is 0.151. The molecule has 0 aliphatic rings. The van der Waals surface area contributed by atoms with E-state index < -0.39 is 0 Å². The highest BCUT2D eigenvalue weighted by Gasteiger charge is 2.18. The third-order valence-electron chi connectivity index (χ3n) is 12.2. The van der Waals surface area contributed by atoms with Crippen LogP contribution >= 0.6 is 0 Å². The standard InChI is InChI=1S/C59H38N2O/c1-3-14-39(15-4-1)43-19-13-20-48(35-43)61(47-31-29-41(30-32-47)55-37-44-18-7-8-21-50(44)51-22-9-10-23-52(51)55)49-33-28-40-26-27-45(34-46(40)36-49)56-38-57-58(54-25-12-11-24-53(54)56)60-59(62-57)42-16-5-2-6-17-42/h1-38H. The highest BCUT2D eigenvalue weighted by atomic mass is 16.3. The molecule has 12 rings (SSSR count). The number of fused-ring (bicyclic) bond motifs is 7. The first-order valence-corrected chi connectivity index (χ1v) is 21.1. The minimum atomic E-state index is 0.626. The monoisotopic (exact) mass is 790 g/mol. The van der Waals surface area contributed by atoms with Crippen molar-refractivity contribution in [3.8, 4) is 44.8 Å². The second-order valence-electron chi connectivity index (χ2n) is 15.9. The fraction of sp³-hybridized carbons (Fsp3) is 0. The van der Waals surface area contributed by atoms with Crippen molar-refractivity contribution < 1.29 is 4.42 Å². The van der Waals surface area contributed by atoms with Crippen molar-refractivity contribution >= 4 is 71.3 Å². The molecule has 62 heavy (non-hydrogen) atoms. The minimum Gasteiger partial charge on any atom is -0.436 e. The molecule has 0 radical (unpaired) electrons. The molecule has 1 heterocycles. The Labute approximate surface area is 359 Å². The lowest BCUT2D eigenvalue weighted by molar-refractivity contribution is 0.620. The fourth-order valence-corrected chi connectivity index (χ4v) is 9.23. The molecule has 0 N–H and O–H groups in total. The topological polar surface area (TPSA) is 29.3 Å². The van der Waals surface area contributed by atoms with Gasteiger partial charge in [0.15, 0.2) is 5.58 Å². The summed E-state index contributed by atoms with van der Waals surface area (Å²) in [5.74, 6) is 0.626. The second-order valence-corrected chi connectivity index (χ2v) is 15.9. The van der Waals surface area contributed by atoms with E-state index in [-0.39, 0.29) is 0 Å². The van der Waals surface area contributed by atoms with Gasteiger partial charge in [0.05, 0.1) is 0 Å². The highest BCUT2D eigenvalue weighted by molar-refractivity contribution is 6.14. The van der Waals surface area contributed by atoms with Crippen molar-refractivity contribution in [1.82, 2.24) is 4.98 Å². The third-order valence-corrected chi connectivity index (χ3v) is 12.2. The molecule has 0 fully saturated rings. The van der Waals surface area contributed by atoms with Crippen LogP contribution in [0.15, 0.2) is 235 Å². The number of oxazole rings is 1. The second kappa shape index (κ2) is 14.8. The van der Waals surface area contributed by atoms with Gasteiger partial charge in [0.25, 0.3) is 0 Å². The predicted octanol–water partition coefficient (Wildman–Crippen LogP) is 16.6. The summed E-state index contributed by atoms with van der Waals surface area (Å²) in [6, 6.07) is 82.6. The van der Waals surface area contributed by atoms with Crippen molar-refractivity contribution in [2.24, 2.45) is 0 Å². The lowest BCUT2D eigenvalue weighted by Gasteiger charge is -2.27. The molecule has 0 bridgehead atoms. The normalized spacial score (nSPS) is 11.5. The van der Waals surface area contributed by atoms with E-state index in [1.54, 1.807) is 0 Å². The SMILES string of the molecule is c1ccc(-c2cccc(N(c3ccc(-c4cc5ccccc5c5ccccc45)cc3)c3ccc4ccc(-c5cc6oc(-c7ccccc7)nc6c6ccccc56)cc4c3)c2)cc1. The summed E-state index contributed by atoms with van der Waals surface area (Å²) in [7, 11) is 0. The van der Waals surface area contributed by atoms with Gasteiger partial charge in [-0.3, -0.25) is 0 Å². The van der Waals surface area contributed by atoms with Crippen molar-refractivity contribution in [2.75, 3.05) is 4.90 Å². The van der Waals surface area contributed by atoms with Gasteiger partial charge in [-0.2, -0.15) is 0 Å². The van der Waals surface area contributed by atoms with Gasteiger partial charge in [-0.1, -0.05) is 164 Å². The number of hydrogen-bond donors (Lipinski definition) is 0. The maximum Gasteiger partial charge on any atom is 0.227 e. The molecule has 3 nitrogen and oxygen atoms in total. The van der Waals surface area contributed by atoms with Crippen LogP contribution in [0.1, 0.15) is 0 Å². The summed E-state index contributed by atoms with van der Waals surface area (Å²) >= 11 is 0. The van der Waals surface area contributed by atoms with Crippen molar-refractivity contribution in [3.63, 3.8) is 0 Å². The van der Waals surface area contributed by atoms with Gasteiger partial charge in [-0.15, -0.1) is 0 Å². The zero-order chi connectivity index (χ0) is 41.0. The Hall–Kier alpha value is -8.27. The number of benzene rings is 11. The van der Waals surface area contributed by atoms with Crippen molar-refractivity contribution in [2.45, 2.75) is 0 Å². The first-order chi connectivity index (χ1) is 30.7. The molecule has 0 saturated carbocycles. The molecule has 0 amide bonds. The Balaban J connectivity index is 0.994. The number of aromatic nitrogens is 1. The van der Waals surface area contributed by atoms with E-state index in [1.165, 1.54) is 49.2 Å². The average molecular weight is 791 g/mol. The Morgan fingerprint density at radius 3 is 1.68 bits per heavy atom. The van der Waals surface area contributed by atoms with E-state index in [4.69, 9.17) is 9.40 Å². The first kappa shape index (κ1) is 35.7. The Kier molecular flexibility index (Phi) is 8.50. The Morgan fingerprint density at radius 2 is 0.887 bits per heavy atom. The average Bonchev–Trinajstić information content (AvgIpc) is 3.79. The zero-order valence-electron chi connectivity index (χ0n) is 33.7. The molecule has 12 aromatic rings. The summed E-state index contributed by atoms with van der Waals surface area (Å²) in [5.41, 5.74) is 12.8. The number of hydrogen-bond acceptors (Lipinski definition) is 3. The summed E-state index contributed by atoms with van der Waals surface area (Å²) in [5, 5.41) is 9.57. The molecule has 1 aromatic heterocycles. The smallest absolute Gasteiger partial charge is 0.227 e. The molecule has 290 valence electrons. The van der Waals surface area contributed by atoms with Gasteiger partial charge in [-0.05, 0) is 138 Å². The van der Waals surface area contributed by atoms with E-state index in [1.807, 2.05) is 30.3 Å². The summed E-state index contributed by atoms with van der Waals surface area (Å²) in [4.78, 5) is 7.36. The summed E-state index contributed by atoms with van der Waals surface area (Å²) in [6.45, 7) is 0. The fourth-order valence-electron chi connectivity index (χ4n) is 9.23. The van der Waals surface area contributed by atoms with E-state index in [9.17, 15) is 0 Å². The lowest BCUT2D eigenvalue weighted by Crippen LogP contribution is -2.10. The molecular formula is C59H38N2O. The maximum absolute atomic E-state index is 6.46. The lowest BCUT2D eigenvalue weighted by atomic mass is 9.93. The third kappa shape index (κ3) is 6.18. The minimum absolute atomic E-state index is 0.626. The van der Waals surface area contributed by atoms with Crippen LogP contribution in [0.2, 0.25) is 0 Å². The van der Waals surface area contributed by atoms with E-state index in [0.717, 1.165) is 61.0 Å². The molecule has 0 aliphatic heterocycles. The van der Waals surface area contributed by atoms with Crippen LogP contribution < -0.4 is 4.90 Å². The van der Waals surface area contributed by atoms with Gasteiger partial charge >= 0.3 is 0 Å². The zero-order valence-corrected chi connectivity index (χ0v) is 33.7. The Morgan fingerprint density at radius 1 is 0.306 bits per heavy atom. The van der Waals surface area contributed by atoms with Gasteiger partial charge in [0.1, 0.15) is 5.52 Å². The van der Waals surface area contributed by atoms with Crippen LogP contribution in [0, 0.1) is 0 Å². The number of rotatable bonds is 7. The molecule has 0 atom stereocenters. The van der Waals surface area contributed by atoms with Crippen molar-refractivity contribution in [3.05, 3.63) is 231 Å². The van der Waals surface area contributed by atoms with Gasteiger partial charge in [-0.25, -0.2) is 4.98 Å².